The fourth-order valence-corrected chi connectivity index (χ4v) is 4.73. The minimum absolute atomic E-state index is 0.130. The van der Waals surface area contributed by atoms with Crippen LogP contribution in [0.25, 0.3) is 16.9 Å². The third-order valence-corrected chi connectivity index (χ3v) is 6.86. The largest absolute Gasteiger partial charge is 0.494 e. The quantitative estimate of drug-likeness (QED) is 0.323. The maximum atomic E-state index is 14.3. The van der Waals surface area contributed by atoms with E-state index < -0.39 is 5.82 Å². The first-order valence-electron chi connectivity index (χ1n) is 12.6. The van der Waals surface area contributed by atoms with Crippen molar-refractivity contribution in [3.63, 3.8) is 0 Å². The number of halogens is 1. The Morgan fingerprint density at radius 2 is 1.97 bits per heavy atom. The van der Waals surface area contributed by atoms with E-state index >= 15 is 0 Å². The normalized spacial score (nSPS) is 13.9. The van der Waals surface area contributed by atoms with Gasteiger partial charge in [0.1, 0.15) is 11.5 Å². The molecule has 9 heteroatoms. The van der Waals surface area contributed by atoms with Gasteiger partial charge in [0.05, 0.1) is 30.9 Å². The van der Waals surface area contributed by atoms with Crippen LogP contribution in [0, 0.1) is 18.7 Å². The highest BCUT2D eigenvalue weighted by molar-refractivity contribution is 5.96. The van der Waals surface area contributed by atoms with Gasteiger partial charge in [-0.1, -0.05) is 6.07 Å². The summed E-state index contributed by atoms with van der Waals surface area (Å²) in [5.74, 6) is 0.894. The Kier molecular flexibility index (Phi) is 7.46. The molecule has 2 aromatic heterocycles. The van der Waals surface area contributed by atoms with Gasteiger partial charge < -0.3 is 24.8 Å². The number of rotatable bonds is 8. The van der Waals surface area contributed by atoms with Crippen LogP contribution in [0.15, 0.2) is 54.9 Å². The minimum atomic E-state index is -0.501. The second-order valence-electron chi connectivity index (χ2n) is 9.37. The highest BCUT2D eigenvalue weighted by atomic mass is 19.1. The molecule has 1 saturated heterocycles. The van der Waals surface area contributed by atoms with Crippen LogP contribution in [-0.4, -0.2) is 49.2 Å². The summed E-state index contributed by atoms with van der Waals surface area (Å²) in [7, 11) is 3.04. The van der Waals surface area contributed by atoms with Crippen molar-refractivity contribution in [2.75, 3.05) is 39.2 Å². The van der Waals surface area contributed by atoms with Gasteiger partial charge in [-0.15, -0.1) is 0 Å². The van der Waals surface area contributed by atoms with E-state index in [-0.39, 0.29) is 11.7 Å². The van der Waals surface area contributed by atoms with Crippen LogP contribution < -0.4 is 20.1 Å². The van der Waals surface area contributed by atoms with E-state index in [0.717, 1.165) is 60.8 Å². The number of amides is 1. The van der Waals surface area contributed by atoms with Crippen molar-refractivity contribution in [2.24, 2.45) is 5.92 Å². The average Bonchev–Trinajstić information content (AvgIpc) is 3.36. The number of ether oxygens (including phenoxy) is 3. The number of aromatic nitrogens is 2. The van der Waals surface area contributed by atoms with Crippen LogP contribution >= 0.6 is 0 Å². The van der Waals surface area contributed by atoms with E-state index in [1.165, 1.54) is 19.2 Å². The molecule has 1 aliphatic heterocycles. The number of imidazole rings is 1. The van der Waals surface area contributed by atoms with Gasteiger partial charge in [-0.05, 0) is 55.5 Å². The number of nitrogens with zero attached hydrogens (tertiary/aromatic N) is 2. The van der Waals surface area contributed by atoms with Gasteiger partial charge >= 0.3 is 0 Å². The Balaban J connectivity index is 1.53. The molecule has 3 heterocycles. The molecule has 2 N–H and O–H groups in total. The number of fused-ring (bicyclic) bond motifs is 1. The van der Waals surface area contributed by atoms with Crippen LogP contribution in [0.3, 0.4) is 0 Å². The van der Waals surface area contributed by atoms with Crippen molar-refractivity contribution in [2.45, 2.75) is 19.8 Å². The number of benzene rings is 2. The Morgan fingerprint density at radius 1 is 1.16 bits per heavy atom. The summed E-state index contributed by atoms with van der Waals surface area (Å²) >= 11 is 0. The zero-order chi connectivity index (χ0) is 26.6. The fraction of sp³-hybridized carbons (Fsp3) is 0.310. The van der Waals surface area contributed by atoms with Gasteiger partial charge in [0.15, 0.2) is 17.2 Å². The third kappa shape index (κ3) is 5.28. The Bertz CT molecular complexity index is 1460. The number of carbonyl (C=O) groups excluding carboxylic acids is 1. The molecule has 0 aliphatic carbocycles. The Hall–Kier alpha value is -4.11. The van der Waals surface area contributed by atoms with Crippen molar-refractivity contribution < 1.29 is 23.4 Å². The lowest BCUT2D eigenvalue weighted by Crippen LogP contribution is -2.22. The second-order valence-corrected chi connectivity index (χ2v) is 9.37. The lowest BCUT2D eigenvalue weighted by molar-refractivity contribution is 0.0699. The summed E-state index contributed by atoms with van der Waals surface area (Å²) in [6.45, 7) is 4.23. The van der Waals surface area contributed by atoms with E-state index in [1.807, 2.05) is 41.8 Å². The van der Waals surface area contributed by atoms with Crippen molar-refractivity contribution in [1.29, 1.82) is 0 Å². The first-order chi connectivity index (χ1) is 18.5. The van der Waals surface area contributed by atoms with Crippen LogP contribution in [0.2, 0.25) is 0 Å². The molecular weight excluding hydrogens is 487 g/mol. The van der Waals surface area contributed by atoms with Crippen molar-refractivity contribution in [3.05, 3.63) is 71.8 Å². The van der Waals surface area contributed by atoms with Gasteiger partial charge in [0, 0.05) is 50.1 Å². The van der Waals surface area contributed by atoms with Gasteiger partial charge in [-0.25, -0.2) is 9.37 Å². The predicted molar refractivity (Wildman–Crippen MR) is 144 cm³/mol. The number of pyridine rings is 1. The molecule has 1 aliphatic rings. The van der Waals surface area contributed by atoms with E-state index in [0.29, 0.717) is 23.0 Å². The van der Waals surface area contributed by atoms with Crippen LogP contribution in [0.5, 0.6) is 17.2 Å². The van der Waals surface area contributed by atoms with Gasteiger partial charge in [0.25, 0.3) is 5.91 Å². The number of hydrogen-bond donors (Lipinski definition) is 2. The molecule has 0 unspecified atom stereocenters. The molecule has 0 bridgehead atoms. The monoisotopic (exact) mass is 518 g/mol. The second kappa shape index (κ2) is 11.1. The number of nitrogens with one attached hydrogen (secondary N) is 2. The number of aryl methyl sites for hydroxylation is 1. The first-order valence-corrected chi connectivity index (χ1v) is 12.6. The standard InChI is InChI=1S/C29H31FN4O4/c1-18-12-20(4-6-23(18)29(35)31-2)26-16-33-28-25(32-15-19-8-10-37-11-9-19)14-22(17-34(26)28)38-21-5-7-27(36-3)24(30)13-21/h4-7,12-14,16-17,19,32H,8-11,15H2,1-3H3,(H,31,35). The SMILES string of the molecule is CNC(=O)c1ccc(-c2cnc3c(NCC4CCOCC4)cc(Oc4ccc(OC)c(F)c4)cn23)cc1C. The zero-order valence-corrected chi connectivity index (χ0v) is 21.7. The molecule has 8 nitrogen and oxygen atoms in total. The minimum Gasteiger partial charge on any atom is -0.494 e. The van der Waals surface area contributed by atoms with Crippen molar-refractivity contribution in [3.8, 4) is 28.5 Å². The van der Waals surface area contributed by atoms with Gasteiger partial charge in [-0.2, -0.15) is 0 Å². The molecule has 2 aromatic carbocycles. The van der Waals surface area contributed by atoms with E-state index in [4.69, 9.17) is 19.2 Å². The first kappa shape index (κ1) is 25.5. The van der Waals surface area contributed by atoms with Crippen molar-refractivity contribution in [1.82, 2.24) is 14.7 Å². The summed E-state index contributed by atoms with van der Waals surface area (Å²) in [6, 6.07) is 12.1. The summed E-state index contributed by atoms with van der Waals surface area (Å²) in [5.41, 5.74) is 4.78. The molecule has 0 spiro atoms. The molecule has 0 radical (unpaired) electrons. The van der Waals surface area contributed by atoms with Crippen LogP contribution in [-0.2, 0) is 4.74 Å². The molecule has 5 rings (SSSR count). The van der Waals surface area contributed by atoms with Gasteiger partial charge in [-0.3, -0.25) is 9.20 Å². The maximum absolute atomic E-state index is 14.3. The molecule has 38 heavy (non-hydrogen) atoms. The molecular formula is C29H31FN4O4. The van der Waals surface area contributed by atoms with Crippen LogP contribution in [0.1, 0.15) is 28.8 Å². The number of methoxy groups -OCH3 is 1. The smallest absolute Gasteiger partial charge is 0.251 e. The van der Waals surface area contributed by atoms with Crippen molar-refractivity contribution >= 4 is 17.2 Å². The molecule has 1 fully saturated rings. The number of anilines is 1. The van der Waals surface area contributed by atoms with E-state index in [1.54, 1.807) is 19.3 Å². The lowest BCUT2D eigenvalue weighted by Gasteiger charge is -2.23. The summed E-state index contributed by atoms with van der Waals surface area (Å²) in [4.78, 5) is 16.9. The Labute approximate surface area is 220 Å². The average molecular weight is 519 g/mol. The molecule has 1 amide bonds. The Morgan fingerprint density at radius 3 is 2.68 bits per heavy atom. The number of hydrogen-bond acceptors (Lipinski definition) is 6. The van der Waals surface area contributed by atoms with Crippen LogP contribution in [0.4, 0.5) is 10.1 Å². The number of carbonyl (C=O) groups is 1. The highest BCUT2D eigenvalue weighted by Gasteiger charge is 2.18. The predicted octanol–water partition coefficient (Wildman–Crippen LogP) is 5.45. The molecule has 0 atom stereocenters. The fourth-order valence-electron chi connectivity index (χ4n) is 4.73. The molecule has 0 saturated carbocycles. The van der Waals surface area contributed by atoms with E-state index in [9.17, 15) is 9.18 Å². The molecule has 198 valence electrons. The van der Waals surface area contributed by atoms with Gasteiger partial charge in [0.2, 0.25) is 0 Å². The zero-order valence-electron chi connectivity index (χ0n) is 21.7. The summed E-state index contributed by atoms with van der Waals surface area (Å²) in [6.07, 6.45) is 5.64. The molecule has 4 aromatic rings. The maximum Gasteiger partial charge on any atom is 0.251 e. The highest BCUT2D eigenvalue weighted by Crippen LogP contribution is 2.33. The summed E-state index contributed by atoms with van der Waals surface area (Å²) in [5, 5.41) is 6.23. The summed E-state index contributed by atoms with van der Waals surface area (Å²) < 4.78 is 32.9. The van der Waals surface area contributed by atoms with E-state index in [2.05, 4.69) is 10.6 Å². The third-order valence-electron chi connectivity index (χ3n) is 6.86. The topological polar surface area (TPSA) is 86.1 Å². The lowest BCUT2D eigenvalue weighted by atomic mass is 10.0.